The van der Waals surface area contributed by atoms with E-state index in [0.29, 0.717) is 23.3 Å². The molecule has 242 valence electrons. The number of amides is 1. The molecule has 0 bridgehead atoms. The van der Waals surface area contributed by atoms with Crippen LogP contribution >= 0.6 is 0 Å². The summed E-state index contributed by atoms with van der Waals surface area (Å²) in [6.07, 6.45) is -1.36. The van der Waals surface area contributed by atoms with Crippen LogP contribution in [0.3, 0.4) is 0 Å². The Hall–Kier alpha value is -4.42. The fraction of sp³-hybridized carbons (Fsp3) is 0.469. The maximum atomic E-state index is 14.8. The minimum atomic E-state index is -1.69. The number of nitrogens with one attached hydrogen (secondary N) is 1. The monoisotopic (exact) mass is 631 g/mol. The average molecular weight is 632 g/mol. The van der Waals surface area contributed by atoms with Crippen LogP contribution in [0.5, 0.6) is 5.75 Å². The predicted molar refractivity (Wildman–Crippen MR) is 168 cm³/mol. The molecule has 0 radical (unpaired) electrons. The Bertz CT molecular complexity index is 1550. The molecule has 1 amide bonds. The zero-order valence-corrected chi connectivity index (χ0v) is 25.5. The SMILES string of the molecule is N#Cc1cc(-c2ncnc(Nc3ccc(N4CCCN(CC5COC5)CC4)cc3)n2)ccc1O[C@H]1CCN(C(=O)[C@H](N)O)C[C@H]1F. The number of hydrogen-bond acceptors (Lipinski definition) is 12. The molecule has 13 nitrogen and oxygen atoms in total. The third-order valence-corrected chi connectivity index (χ3v) is 8.56. The molecule has 3 aliphatic rings. The van der Waals surface area contributed by atoms with Gasteiger partial charge in [0, 0.05) is 62.0 Å². The van der Waals surface area contributed by atoms with E-state index < -0.39 is 24.4 Å². The molecule has 4 N–H and O–H groups in total. The first kappa shape index (κ1) is 31.6. The number of carbonyl (C=O) groups is 1. The summed E-state index contributed by atoms with van der Waals surface area (Å²) in [6, 6.07) is 15.2. The molecule has 6 rings (SSSR count). The number of carbonyl (C=O) groups excluding carboxylic acids is 1. The van der Waals surface area contributed by atoms with E-state index in [0.717, 1.165) is 58.0 Å². The number of halogens is 1. The zero-order valence-electron chi connectivity index (χ0n) is 25.5. The van der Waals surface area contributed by atoms with Crippen LogP contribution in [0.25, 0.3) is 11.4 Å². The summed E-state index contributed by atoms with van der Waals surface area (Å²) in [4.78, 5) is 31.1. The van der Waals surface area contributed by atoms with Crippen molar-refractivity contribution in [1.29, 1.82) is 5.26 Å². The molecule has 46 heavy (non-hydrogen) atoms. The number of nitrogens with two attached hydrogens (primary N) is 1. The number of ether oxygens (including phenoxy) is 2. The smallest absolute Gasteiger partial charge is 0.266 e. The Kier molecular flexibility index (Phi) is 9.84. The first-order valence-electron chi connectivity index (χ1n) is 15.5. The average Bonchev–Trinajstić information content (AvgIpc) is 3.29. The molecule has 4 heterocycles. The minimum absolute atomic E-state index is 0.176. The number of aliphatic hydroxyl groups is 1. The lowest BCUT2D eigenvalue weighted by atomic mass is 10.0. The molecular weight excluding hydrogens is 593 g/mol. The van der Waals surface area contributed by atoms with Gasteiger partial charge in [0.2, 0.25) is 5.95 Å². The van der Waals surface area contributed by atoms with Crippen LogP contribution in [-0.4, -0.2) is 113 Å². The van der Waals surface area contributed by atoms with E-state index in [1.807, 2.05) is 12.1 Å². The van der Waals surface area contributed by atoms with E-state index in [1.165, 1.54) is 16.9 Å². The lowest BCUT2D eigenvalue weighted by Crippen LogP contribution is -2.53. The van der Waals surface area contributed by atoms with Gasteiger partial charge in [-0.3, -0.25) is 10.5 Å². The van der Waals surface area contributed by atoms with Crippen LogP contribution in [0, 0.1) is 17.2 Å². The summed E-state index contributed by atoms with van der Waals surface area (Å²) in [6.45, 7) is 6.97. The van der Waals surface area contributed by atoms with Crippen molar-refractivity contribution in [3.8, 4) is 23.2 Å². The van der Waals surface area contributed by atoms with Gasteiger partial charge >= 0.3 is 0 Å². The van der Waals surface area contributed by atoms with Crippen molar-refractivity contribution in [2.45, 2.75) is 31.3 Å². The second kappa shape index (κ2) is 14.3. The van der Waals surface area contributed by atoms with Gasteiger partial charge in [0.25, 0.3) is 5.91 Å². The molecule has 2 aromatic carbocycles. The van der Waals surface area contributed by atoms with E-state index >= 15 is 0 Å². The summed E-state index contributed by atoms with van der Waals surface area (Å²) >= 11 is 0. The quantitative estimate of drug-likeness (QED) is 0.294. The largest absolute Gasteiger partial charge is 0.486 e. The van der Waals surface area contributed by atoms with E-state index in [2.05, 4.69) is 48.3 Å². The highest BCUT2D eigenvalue weighted by atomic mass is 19.1. The molecule has 0 aliphatic carbocycles. The summed E-state index contributed by atoms with van der Waals surface area (Å²) in [5.74, 6) is 0.867. The molecule has 0 saturated carbocycles. The molecule has 3 atom stereocenters. The summed E-state index contributed by atoms with van der Waals surface area (Å²) in [7, 11) is 0. The highest BCUT2D eigenvalue weighted by molar-refractivity contribution is 5.80. The highest BCUT2D eigenvalue weighted by Crippen LogP contribution is 2.29. The number of rotatable bonds is 9. The lowest BCUT2D eigenvalue weighted by Gasteiger charge is -2.35. The van der Waals surface area contributed by atoms with Gasteiger partial charge in [-0.15, -0.1) is 0 Å². The normalized spacial score (nSPS) is 21.5. The molecular formula is C32H38FN9O4. The third kappa shape index (κ3) is 7.51. The molecule has 14 heteroatoms. The number of nitriles is 1. The number of piperidine rings is 1. The molecule has 3 aromatic rings. The highest BCUT2D eigenvalue weighted by Gasteiger charge is 2.34. The first-order valence-corrected chi connectivity index (χ1v) is 15.5. The van der Waals surface area contributed by atoms with E-state index in [4.69, 9.17) is 15.2 Å². The second-order valence-electron chi connectivity index (χ2n) is 11.9. The van der Waals surface area contributed by atoms with Crippen LogP contribution in [0.4, 0.5) is 21.7 Å². The number of alkyl halides is 1. The van der Waals surface area contributed by atoms with E-state index in [1.54, 1.807) is 18.2 Å². The Balaban J connectivity index is 1.06. The van der Waals surface area contributed by atoms with Gasteiger partial charge < -0.3 is 34.6 Å². The third-order valence-electron chi connectivity index (χ3n) is 8.56. The van der Waals surface area contributed by atoms with Crippen LogP contribution < -0.4 is 20.7 Å². The van der Waals surface area contributed by atoms with Crippen molar-refractivity contribution in [1.82, 2.24) is 24.8 Å². The number of aromatic nitrogens is 3. The molecule has 3 aliphatic heterocycles. The lowest BCUT2D eigenvalue weighted by molar-refractivity contribution is -0.143. The first-order chi connectivity index (χ1) is 22.4. The Morgan fingerprint density at radius 1 is 1.15 bits per heavy atom. The van der Waals surface area contributed by atoms with Gasteiger partial charge in [0.05, 0.1) is 25.3 Å². The van der Waals surface area contributed by atoms with Crippen molar-refractivity contribution in [2.75, 3.05) is 69.2 Å². The predicted octanol–water partition coefficient (Wildman–Crippen LogP) is 1.91. The number of anilines is 3. The van der Waals surface area contributed by atoms with Gasteiger partial charge in [-0.1, -0.05) is 0 Å². The fourth-order valence-electron chi connectivity index (χ4n) is 5.97. The van der Waals surface area contributed by atoms with Gasteiger partial charge in [0.1, 0.15) is 24.3 Å². The summed E-state index contributed by atoms with van der Waals surface area (Å²) in [5.41, 5.74) is 7.99. The van der Waals surface area contributed by atoms with Gasteiger partial charge in [-0.25, -0.2) is 14.4 Å². The second-order valence-corrected chi connectivity index (χ2v) is 11.9. The molecule has 0 unspecified atom stereocenters. The maximum absolute atomic E-state index is 14.8. The van der Waals surface area contributed by atoms with Crippen molar-refractivity contribution < 1.29 is 23.8 Å². The van der Waals surface area contributed by atoms with Gasteiger partial charge in [-0.2, -0.15) is 10.2 Å². The van der Waals surface area contributed by atoms with Crippen LogP contribution in [0.1, 0.15) is 18.4 Å². The van der Waals surface area contributed by atoms with Crippen LogP contribution in [0.2, 0.25) is 0 Å². The number of aliphatic hydroxyl groups excluding tert-OH is 1. The van der Waals surface area contributed by atoms with Crippen molar-refractivity contribution >= 4 is 23.2 Å². The number of nitrogens with zero attached hydrogens (tertiary/aromatic N) is 7. The van der Waals surface area contributed by atoms with Gasteiger partial charge in [0.15, 0.2) is 18.2 Å². The van der Waals surface area contributed by atoms with E-state index in [9.17, 15) is 19.6 Å². The number of likely N-dealkylation sites (tertiary alicyclic amines) is 1. The van der Waals surface area contributed by atoms with E-state index in [-0.39, 0.29) is 30.8 Å². The molecule has 3 fully saturated rings. The molecule has 1 aromatic heterocycles. The van der Waals surface area contributed by atoms with Crippen molar-refractivity contribution in [2.24, 2.45) is 11.7 Å². The summed E-state index contributed by atoms with van der Waals surface area (Å²) in [5, 5.41) is 22.3. The number of benzene rings is 2. The topological polar surface area (TPSA) is 166 Å². The molecule has 0 spiro atoms. The molecule has 3 saturated heterocycles. The number of hydrogen-bond donors (Lipinski definition) is 3. The van der Waals surface area contributed by atoms with Crippen LogP contribution in [-0.2, 0) is 9.53 Å². The Morgan fingerprint density at radius 2 is 1.98 bits per heavy atom. The minimum Gasteiger partial charge on any atom is -0.486 e. The van der Waals surface area contributed by atoms with Crippen molar-refractivity contribution in [3.63, 3.8) is 0 Å². The maximum Gasteiger partial charge on any atom is 0.266 e. The zero-order chi connectivity index (χ0) is 32.0. The van der Waals surface area contributed by atoms with Gasteiger partial charge in [-0.05, 0) is 55.4 Å². The van der Waals surface area contributed by atoms with Crippen molar-refractivity contribution in [3.05, 3.63) is 54.4 Å². The summed E-state index contributed by atoms with van der Waals surface area (Å²) < 4.78 is 26.0. The standard InChI is InChI=1S/C32H38FN9O4/c33-26-17-42(31(44)29(35)43)11-8-28(26)46-27-7-2-22(14-23(27)15-34)30-36-20-37-32(39-30)38-24-3-5-25(6-4-24)41-10-1-9-40(12-13-41)16-21-18-45-19-21/h2-7,14,20-21,26,28-29,43H,1,8-13,16-19,35H2,(H,36,37,38,39)/t26-,28+,29-/m1/s1. The van der Waals surface area contributed by atoms with Crippen LogP contribution in [0.15, 0.2) is 48.8 Å². The fourth-order valence-corrected chi connectivity index (χ4v) is 5.97. The Labute approximate surface area is 266 Å². The Morgan fingerprint density at radius 3 is 2.70 bits per heavy atom.